The molecule has 142 valence electrons. The van der Waals surface area contributed by atoms with Gasteiger partial charge < -0.3 is 10.6 Å². The molecule has 1 aliphatic rings. The lowest BCUT2D eigenvalue weighted by Gasteiger charge is -2.31. The topological polar surface area (TPSA) is 61.4 Å². The number of benzene rings is 2. The smallest absolute Gasteiger partial charge is 0.238 e. The standard InChI is InChI=1S/C20H21Cl2N3O2/c21-16-9-4-10-17(19(16)22)24-18(26)13-25-11-5-6-14(12-25)20(27)23-15-7-2-1-3-8-15/h1-4,7-10,14H,5-6,11-13H2,(H,23,27)(H,24,26). The number of piperidine rings is 1. The number of likely N-dealkylation sites (tertiary alicyclic amines) is 1. The molecule has 1 atom stereocenters. The van der Waals surface area contributed by atoms with Crippen molar-refractivity contribution in [1.29, 1.82) is 0 Å². The summed E-state index contributed by atoms with van der Waals surface area (Å²) in [5.74, 6) is -0.325. The second-order valence-corrected chi connectivity index (χ2v) is 7.36. The van der Waals surface area contributed by atoms with Gasteiger partial charge in [0.05, 0.1) is 28.2 Å². The van der Waals surface area contributed by atoms with Crippen molar-refractivity contribution >= 4 is 46.4 Å². The molecule has 2 amide bonds. The van der Waals surface area contributed by atoms with Gasteiger partial charge in [-0.05, 0) is 43.7 Å². The summed E-state index contributed by atoms with van der Waals surface area (Å²) >= 11 is 12.1. The van der Waals surface area contributed by atoms with E-state index in [1.807, 2.05) is 35.2 Å². The van der Waals surface area contributed by atoms with E-state index in [0.29, 0.717) is 22.3 Å². The fourth-order valence-corrected chi connectivity index (χ4v) is 3.52. The number of carbonyl (C=O) groups is 2. The van der Waals surface area contributed by atoms with E-state index in [-0.39, 0.29) is 24.3 Å². The number of hydrogen-bond acceptors (Lipinski definition) is 3. The average Bonchev–Trinajstić information content (AvgIpc) is 2.66. The normalized spacial score (nSPS) is 17.3. The van der Waals surface area contributed by atoms with E-state index >= 15 is 0 Å². The highest BCUT2D eigenvalue weighted by Crippen LogP contribution is 2.29. The minimum absolute atomic E-state index is 0.0100. The fraction of sp³-hybridized carbons (Fsp3) is 0.300. The lowest BCUT2D eigenvalue weighted by molar-refractivity contribution is -0.123. The molecule has 0 bridgehead atoms. The number of anilines is 2. The molecule has 0 aliphatic carbocycles. The Hall–Kier alpha value is -2.08. The van der Waals surface area contributed by atoms with Crippen LogP contribution in [0.2, 0.25) is 10.0 Å². The van der Waals surface area contributed by atoms with Crippen LogP contribution in [0, 0.1) is 5.92 Å². The van der Waals surface area contributed by atoms with E-state index in [1.54, 1.807) is 18.2 Å². The van der Waals surface area contributed by atoms with Crippen LogP contribution in [0.5, 0.6) is 0 Å². The van der Waals surface area contributed by atoms with Crippen LogP contribution in [0.1, 0.15) is 12.8 Å². The van der Waals surface area contributed by atoms with Gasteiger partial charge >= 0.3 is 0 Å². The van der Waals surface area contributed by atoms with Crippen molar-refractivity contribution < 1.29 is 9.59 Å². The second-order valence-electron chi connectivity index (χ2n) is 6.58. The maximum Gasteiger partial charge on any atom is 0.238 e. The molecule has 0 radical (unpaired) electrons. The van der Waals surface area contributed by atoms with Crippen LogP contribution < -0.4 is 10.6 Å². The number of nitrogens with one attached hydrogen (secondary N) is 2. The zero-order valence-corrected chi connectivity index (χ0v) is 16.3. The number of rotatable bonds is 5. The Kier molecular flexibility index (Phi) is 6.72. The zero-order valence-electron chi connectivity index (χ0n) is 14.8. The van der Waals surface area contributed by atoms with Gasteiger partial charge in [-0.1, -0.05) is 47.5 Å². The van der Waals surface area contributed by atoms with Gasteiger partial charge in [-0.3, -0.25) is 14.5 Å². The fourth-order valence-electron chi connectivity index (χ4n) is 3.17. The Morgan fingerprint density at radius 2 is 1.81 bits per heavy atom. The van der Waals surface area contributed by atoms with Gasteiger partial charge in [0, 0.05) is 12.2 Å². The number of halogens is 2. The summed E-state index contributed by atoms with van der Waals surface area (Å²) in [5, 5.41) is 6.44. The first-order valence-electron chi connectivity index (χ1n) is 8.85. The second kappa shape index (κ2) is 9.22. The molecule has 3 rings (SSSR count). The van der Waals surface area contributed by atoms with Gasteiger partial charge in [-0.25, -0.2) is 0 Å². The summed E-state index contributed by atoms with van der Waals surface area (Å²) in [4.78, 5) is 26.9. The van der Waals surface area contributed by atoms with Crippen molar-refractivity contribution in [3.63, 3.8) is 0 Å². The molecule has 2 aromatic rings. The minimum atomic E-state index is -0.178. The van der Waals surface area contributed by atoms with Crippen LogP contribution in [0.3, 0.4) is 0 Å². The Balaban J connectivity index is 1.54. The monoisotopic (exact) mass is 405 g/mol. The number of carbonyl (C=O) groups excluding carboxylic acids is 2. The third-order valence-electron chi connectivity index (χ3n) is 4.51. The Bertz CT molecular complexity index is 814. The van der Waals surface area contributed by atoms with E-state index in [9.17, 15) is 9.59 Å². The van der Waals surface area contributed by atoms with Crippen LogP contribution in [-0.2, 0) is 9.59 Å². The van der Waals surface area contributed by atoms with E-state index in [0.717, 1.165) is 25.1 Å². The quantitative estimate of drug-likeness (QED) is 0.779. The molecule has 1 fully saturated rings. The third kappa shape index (κ3) is 5.45. The molecule has 1 unspecified atom stereocenters. The molecule has 1 heterocycles. The van der Waals surface area contributed by atoms with Gasteiger partial charge in [0.2, 0.25) is 11.8 Å². The number of para-hydroxylation sites is 1. The molecule has 27 heavy (non-hydrogen) atoms. The molecule has 5 nitrogen and oxygen atoms in total. The number of hydrogen-bond donors (Lipinski definition) is 2. The largest absolute Gasteiger partial charge is 0.326 e. The van der Waals surface area contributed by atoms with E-state index in [2.05, 4.69) is 10.6 Å². The van der Waals surface area contributed by atoms with Crippen molar-refractivity contribution in [2.45, 2.75) is 12.8 Å². The van der Waals surface area contributed by atoms with E-state index in [4.69, 9.17) is 23.2 Å². The molecule has 1 saturated heterocycles. The molecule has 0 spiro atoms. The van der Waals surface area contributed by atoms with Gasteiger partial charge in [-0.15, -0.1) is 0 Å². The number of nitrogens with zero attached hydrogens (tertiary/aromatic N) is 1. The summed E-state index contributed by atoms with van der Waals surface area (Å²) in [7, 11) is 0. The van der Waals surface area contributed by atoms with Gasteiger partial charge in [0.1, 0.15) is 0 Å². The summed E-state index contributed by atoms with van der Waals surface area (Å²) in [6, 6.07) is 14.5. The maximum atomic E-state index is 12.5. The van der Waals surface area contributed by atoms with Crippen LogP contribution in [0.15, 0.2) is 48.5 Å². The average molecular weight is 406 g/mol. The maximum absolute atomic E-state index is 12.5. The van der Waals surface area contributed by atoms with Crippen molar-refractivity contribution in [1.82, 2.24) is 4.90 Å². The van der Waals surface area contributed by atoms with Crippen LogP contribution in [0.4, 0.5) is 11.4 Å². The zero-order chi connectivity index (χ0) is 19.2. The molecule has 0 aromatic heterocycles. The molecule has 0 saturated carbocycles. The predicted molar refractivity (Wildman–Crippen MR) is 109 cm³/mol. The Morgan fingerprint density at radius 3 is 2.59 bits per heavy atom. The summed E-state index contributed by atoms with van der Waals surface area (Å²) in [5.41, 5.74) is 1.28. The lowest BCUT2D eigenvalue weighted by Crippen LogP contribution is -2.44. The summed E-state index contributed by atoms with van der Waals surface area (Å²) in [6.45, 7) is 1.54. The first-order chi connectivity index (χ1) is 13.0. The molecule has 7 heteroatoms. The van der Waals surface area contributed by atoms with E-state index in [1.165, 1.54) is 0 Å². The first-order valence-corrected chi connectivity index (χ1v) is 9.60. The Labute approximate surface area is 168 Å². The first kappa shape index (κ1) is 19.7. The number of amides is 2. The third-order valence-corrected chi connectivity index (χ3v) is 5.33. The summed E-state index contributed by atoms with van der Waals surface area (Å²) in [6.07, 6.45) is 1.69. The minimum Gasteiger partial charge on any atom is -0.326 e. The molecule has 2 N–H and O–H groups in total. The van der Waals surface area contributed by atoms with Gasteiger partial charge in [0.25, 0.3) is 0 Å². The van der Waals surface area contributed by atoms with Gasteiger partial charge in [-0.2, -0.15) is 0 Å². The SMILES string of the molecule is O=C(CN1CCCC(C(=O)Nc2ccccc2)C1)Nc1cccc(Cl)c1Cl. The Morgan fingerprint density at radius 1 is 1.04 bits per heavy atom. The van der Waals surface area contributed by atoms with Crippen molar-refractivity contribution in [2.24, 2.45) is 5.92 Å². The molecule has 2 aromatic carbocycles. The van der Waals surface area contributed by atoms with Crippen LogP contribution in [0.25, 0.3) is 0 Å². The van der Waals surface area contributed by atoms with Crippen molar-refractivity contribution in [2.75, 3.05) is 30.3 Å². The highest BCUT2D eigenvalue weighted by molar-refractivity contribution is 6.44. The molecular formula is C20H21Cl2N3O2. The van der Waals surface area contributed by atoms with Crippen molar-refractivity contribution in [3.05, 3.63) is 58.6 Å². The lowest BCUT2D eigenvalue weighted by atomic mass is 9.97. The molecule has 1 aliphatic heterocycles. The van der Waals surface area contributed by atoms with Crippen LogP contribution in [-0.4, -0.2) is 36.3 Å². The highest BCUT2D eigenvalue weighted by Gasteiger charge is 2.27. The van der Waals surface area contributed by atoms with Crippen molar-refractivity contribution in [3.8, 4) is 0 Å². The van der Waals surface area contributed by atoms with Crippen LogP contribution >= 0.6 is 23.2 Å². The molecular weight excluding hydrogens is 385 g/mol. The van der Waals surface area contributed by atoms with E-state index < -0.39 is 0 Å². The van der Waals surface area contributed by atoms with Gasteiger partial charge in [0.15, 0.2) is 0 Å². The highest BCUT2D eigenvalue weighted by atomic mass is 35.5. The predicted octanol–water partition coefficient (Wildman–Crippen LogP) is 4.28. The summed E-state index contributed by atoms with van der Waals surface area (Å²) < 4.78 is 0.